The van der Waals surface area contributed by atoms with Crippen molar-refractivity contribution in [1.82, 2.24) is 9.47 Å². The minimum atomic E-state index is 0.0785. The third-order valence-electron chi connectivity index (χ3n) is 4.74. The number of hydrogen-bond acceptors (Lipinski definition) is 2. The van der Waals surface area contributed by atoms with Crippen molar-refractivity contribution < 1.29 is 4.79 Å². The van der Waals surface area contributed by atoms with E-state index < -0.39 is 0 Å². The molecule has 0 bridgehead atoms. The molecular weight excluding hydrogens is 272 g/mol. The summed E-state index contributed by atoms with van der Waals surface area (Å²) in [6.07, 6.45) is 9.74. The molecule has 0 radical (unpaired) electrons. The molecule has 0 spiro atoms. The molecule has 116 valence electrons. The lowest BCUT2D eigenvalue weighted by atomic mass is 10.0. The van der Waals surface area contributed by atoms with E-state index in [1.807, 2.05) is 19.2 Å². The molecule has 2 heterocycles. The first kappa shape index (κ1) is 15.0. The van der Waals surface area contributed by atoms with Crippen LogP contribution in [0.25, 0.3) is 17.0 Å². The number of carbonyl (C=O) groups is 1. The van der Waals surface area contributed by atoms with Gasteiger partial charge in [0.1, 0.15) is 0 Å². The minimum Gasteiger partial charge on any atom is -0.303 e. The Labute approximate surface area is 132 Å². The average molecular weight is 296 g/mol. The molecule has 1 saturated heterocycles. The van der Waals surface area contributed by atoms with Crippen LogP contribution in [0.15, 0.2) is 30.5 Å². The highest BCUT2D eigenvalue weighted by Gasteiger charge is 2.23. The Kier molecular flexibility index (Phi) is 4.16. The van der Waals surface area contributed by atoms with Crippen LogP contribution in [0.5, 0.6) is 0 Å². The highest BCUT2D eigenvalue weighted by Crippen LogP contribution is 2.28. The number of hydrogen-bond donors (Lipinski definition) is 0. The van der Waals surface area contributed by atoms with Crippen LogP contribution in [-0.2, 0) is 6.42 Å². The van der Waals surface area contributed by atoms with Crippen LogP contribution in [-0.4, -0.2) is 35.0 Å². The number of likely N-dealkylation sites (tertiary alicyclic amines) is 1. The number of benzene rings is 1. The summed E-state index contributed by atoms with van der Waals surface area (Å²) in [5.74, 6) is 0.0785. The van der Waals surface area contributed by atoms with Crippen LogP contribution in [0.3, 0.4) is 0 Å². The standard InChI is InChI=1S/C19H24N2O/c1-4-6-15-8-9-19-18(11-15)16(13-21(19)14(2)22)12-17-7-5-10-20(17)3/h4,6,8-9,11,13,17H,5,7,10,12H2,1-3H3/b6-4+/t17-/m1/s1. The Hall–Kier alpha value is -1.87. The van der Waals surface area contributed by atoms with Gasteiger partial charge in [0, 0.05) is 24.5 Å². The summed E-state index contributed by atoms with van der Waals surface area (Å²) in [6.45, 7) is 4.84. The van der Waals surface area contributed by atoms with Crippen molar-refractivity contribution >= 4 is 22.9 Å². The lowest BCUT2D eigenvalue weighted by molar-refractivity contribution is 0.0941. The fourth-order valence-electron chi connectivity index (χ4n) is 3.53. The van der Waals surface area contributed by atoms with Crippen LogP contribution < -0.4 is 0 Å². The molecule has 1 aliphatic rings. The molecule has 0 amide bonds. The van der Waals surface area contributed by atoms with Gasteiger partial charge in [0.2, 0.25) is 5.91 Å². The first-order chi connectivity index (χ1) is 10.6. The molecule has 1 atom stereocenters. The molecule has 0 aliphatic carbocycles. The third-order valence-corrected chi connectivity index (χ3v) is 4.74. The zero-order valence-electron chi connectivity index (χ0n) is 13.7. The summed E-state index contributed by atoms with van der Waals surface area (Å²) in [5.41, 5.74) is 3.50. The number of aromatic nitrogens is 1. The maximum absolute atomic E-state index is 11.9. The monoisotopic (exact) mass is 296 g/mol. The van der Waals surface area contributed by atoms with Gasteiger partial charge in [-0.2, -0.15) is 0 Å². The topological polar surface area (TPSA) is 25.2 Å². The van der Waals surface area contributed by atoms with Gasteiger partial charge < -0.3 is 4.90 Å². The van der Waals surface area contributed by atoms with E-state index in [0.29, 0.717) is 6.04 Å². The van der Waals surface area contributed by atoms with Gasteiger partial charge in [-0.3, -0.25) is 9.36 Å². The van der Waals surface area contributed by atoms with Gasteiger partial charge in [-0.05, 0) is 63.0 Å². The fourth-order valence-corrected chi connectivity index (χ4v) is 3.53. The molecule has 3 rings (SSSR count). The van der Waals surface area contributed by atoms with Gasteiger partial charge in [-0.1, -0.05) is 18.2 Å². The average Bonchev–Trinajstić information content (AvgIpc) is 3.05. The van der Waals surface area contributed by atoms with Crippen molar-refractivity contribution in [1.29, 1.82) is 0 Å². The number of nitrogens with zero attached hydrogens (tertiary/aromatic N) is 2. The van der Waals surface area contributed by atoms with E-state index in [0.717, 1.165) is 11.9 Å². The molecular formula is C19H24N2O. The van der Waals surface area contributed by atoms with Gasteiger partial charge in [0.15, 0.2) is 0 Å². The second kappa shape index (κ2) is 6.09. The van der Waals surface area contributed by atoms with E-state index in [1.54, 1.807) is 11.5 Å². The molecule has 1 aliphatic heterocycles. The Morgan fingerprint density at radius 3 is 2.86 bits per heavy atom. The highest BCUT2D eigenvalue weighted by atomic mass is 16.1. The molecule has 1 fully saturated rings. The van der Waals surface area contributed by atoms with E-state index in [-0.39, 0.29) is 5.91 Å². The van der Waals surface area contributed by atoms with E-state index in [4.69, 9.17) is 0 Å². The van der Waals surface area contributed by atoms with Crippen LogP contribution in [0.2, 0.25) is 0 Å². The lowest BCUT2D eigenvalue weighted by Gasteiger charge is -2.18. The molecule has 1 aromatic carbocycles. The Morgan fingerprint density at radius 2 is 2.23 bits per heavy atom. The normalized spacial score (nSPS) is 19.5. The lowest BCUT2D eigenvalue weighted by Crippen LogP contribution is -2.26. The van der Waals surface area contributed by atoms with Crippen molar-refractivity contribution in [2.24, 2.45) is 0 Å². The second-order valence-electron chi connectivity index (χ2n) is 6.30. The zero-order valence-corrected chi connectivity index (χ0v) is 13.7. The van der Waals surface area contributed by atoms with Crippen molar-refractivity contribution in [2.75, 3.05) is 13.6 Å². The Bertz CT molecular complexity index is 726. The number of likely N-dealkylation sites (N-methyl/N-ethyl adjacent to an activating group) is 1. The van der Waals surface area contributed by atoms with Crippen molar-refractivity contribution in [3.8, 4) is 0 Å². The molecule has 1 aromatic heterocycles. The van der Waals surface area contributed by atoms with Gasteiger partial charge in [-0.15, -0.1) is 0 Å². The maximum atomic E-state index is 11.9. The third kappa shape index (κ3) is 2.73. The molecule has 0 N–H and O–H groups in total. The van der Waals surface area contributed by atoms with Gasteiger partial charge in [-0.25, -0.2) is 0 Å². The summed E-state index contributed by atoms with van der Waals surface area (Å²) < 4.78 is 1.79. The quantitative estimate of drug-likeness (QED) is 0.856. The first-order valence-electron chi connectivity index (χ1n) is 8.08. The zero-order chi connectivity index (χ0) is 15.7. The smallest absolute Gasteiger partial charge is 0.227 e. The second-order valence-corrected chi connectivity index (χ2v) is 6.30. The molecule has 0 unspecified atom stereocenters. The van der Waals surface area contributed by atoms with Gasteiger partial charge in [0.25, 0.3) is 0 Å². The molecule has 2 aromatic rings. The number of rotatable bonds is 3. The minimum absolute atomic E-state index is 0.0785. The number of fused-ring (bicyclic) bond motifs is 1. The summed E-state index contributed by atoms with van der Waals surface area (Å²) in [4.78, 5) is 14.4. The van der Waals surface area contributed by atoms with Crippen LogP contribution in [0.4, 0.5) is 0 Å². The van der Waals surface area contributed by atoms with Gasteiger partial charge in [0.05, 0.1) is 5.52 Å². The maximum Gasteiger partial charge on any atom is 0.227 e. The Morgan fingerprint density at radius 1 is 1.41 bits per heavy atom. The molecule has 3 nitrogen and oxygen atoms in total. The summed E-state index contributed by atoms with van der Waals surface area (Å²) in [5, 5.41) is 1.21. The number of carbonyl (C=O) groups excluding carboxylic acids is 1. The van der Waals surface area contributed by atoms with Crippen molar-refractivity contribution in [3.63, 3.8) is 0 Å². The van der Waals surface area contributed by atoms with Crippen LogP contribution in [0.1, 0.15) is 42.6 Å². The molecule has 0 saturated carbocycles. The van der Waals surface area contributed by atoms with E-state index >= 15 is 0 Å². The summed E-state index contributed by atoms with van der Waals surface area (Å²) >= 11 is 0. The highest BCUT2D eigenvalue weighted by molar-refractivity contribution is 5.94. The van der Waals surface area contributed by atoms with E-state index in [9.17, 15) is 4.79 Å². The van der Waals surface area contributed by atoms with Crippen molar-refractivity contribution in [3.05, 3.63) is 41.6 Å². The van der Waals surface area contributed by atoms with Crippen LogP contribution in [0, 0.1) is 0 Å². The summed E-state index contributed by atoms with van der Waals surface area (Å²) in [7, 11) is 2.20. The molecule has 22 heavy (non-hydrogen) atoms. The fraction of sp³-hybridized carbons (Fsp3) is 0.421. The molecule has 3 heteroatoms. The SMILES string of the molecule is C/C=C/c1ccc2c(c1)c(C[C@H]1CCCN1C)cn2C(C)=O. The van der Waals surface area contributed by atoms with Crippen LogP contribution >= 0.6 is 0 Å². The largest absolute Gasteiger partial charge is 0.303 e. The predicted octanol–water partition coefficient (Wildman–Crippen LogP) is 3.97. The van der Waals surface area contributed by atoms with Gasteiger partial charge >= 0.3 is 0 Å². The number of allylic oxidation sites excluding steroid dienone is 1. The summed E-state index contributed by atoms with van der Waals surface area (Å²) in [6, 6.07) is 6.94. The Balaban J connectivity index is 2.06. The van der Waals surface area contributed by atoms with E-state index in [1.165, 1.54) is 35.9 Å². The van der Waals surface area contributed by atoms with Crippen molar-refractivity contribution in [2.45, 2.75) is 39.2 Å². The predicted molar refractivity (Wildman–Crippen MR) is 92.3 cm³/mol. The van der Waals surface area contributed by atoms with E-state index in [2.05, 4.69) is 36.2 Å². The first-order valence-corrected chi connectivity index (χ1v) is 8.08.